The summed E-state index contributed by atoms with van der Waals surface area (Å²) in [5.41, 5.74) is 6.05. The highest BCUT2D eigenvalue weighted by molar-refractivity contribution is 6.42. The summed E-state index contributed by atoms with van der Waals surface area (Å²) in [5, 5.41) is 10.2. The van der Waals surface area contributed by atoms with E-state index < -0.39 is 5.41 Å². The van der Waals surface area contributed by atoms with Crippen LogP contribution in [-0.4, -0.2) is 18.3 Å². The van der Waals surface area contributed by atoms with Crippen LogP contribution < -0.4 is 5.73 Å². The van der Waals surface area contributed by atoms with Gasteiger partial charge in [0.25, 0.3) is 0 Å². The van der Waals surface area contributed by atoms with E-state index in [-0.39, 0.29) is 6.61 Å². The molecular weight excluding hydrogens is 221 g/mol. The molecule has 0 bridgehead atoms. The summed E-state index contributed by atoms with van der Waals surface area (Å²) in [6, 6.07) is 5.28. The van der Waals surface area contributed by atoms with Crippen molar-refractivity contribution in [3.8, 4) is 0 Å². The molecule has 3 N–H and O–H groups in total. The zero-order valence-electron chi connectivity index (χ0n) is 7.93. The third-order valence-corrected chi connectivity index (χ3v) is 3.16. The minimum absolute atomic E-state index is 0.0124. The van der Waals surface area contributed by atoms with E-state index in [0.29, 0.717) is 16.6 Å². The first kappa shape index (κ1) is 11.8. The van der Waals surface area contributed by atoms with Gasteiger partial charge < -0.3 is 10.8 Å². The zero-order chi connectivity index (χ0) is 10.8. The van der Waals surface area contributed by atoms with E-state index in [2.05, 4.69) is 0 Å². The molecule has 0 heterocycles. The Kier molecular flexibility index (Phi) is 3.78. The number of aliphatic hydroxyl groups excluding tert-OH is 1. The van der Waals surface area contributed by atoms with Crippen LogP contribution in [0.1, 0.15) is 12.5 Å². The highest BCUT2D eigenvalue weighted by atomic mass is 35.5. The molecule has 1 aromatic rings. The standard InChI is InChI=1S/C10H13Cl2NO/c1-10(5-13,6-14)7-2-3-8(11)9(12)4-7/h2-4,14H,5-6,13H2,1H3. The van der Waals surface area contributed by atoms with Crippen molar-refractivity contribution in [2.75, 3.05) is 13.2 Å². The van der Waals surface area contributed by atoms with Gasteiger partial charge in [-0.1, -0.05) is 36.2 Å². The molecule has 0 saturated heterocycles. The van der Waals surface area contributed by atoms with E-state index >= 15 is 0 Å². The quantitative estimate of drug-likeness (QED) is 0.842. The molecule has 0 saturated carbocycles. The van der Waals surface area contributed by atoms with Gasteiger partial charge in [0, 0.05) is 12.0 Å². The summed E-state index contributed by atoms with van der Waals surface area (Å²) < 4.78 is 0. The summed E-state index contributed by atoms with van der Waals surface area (Å²) in [6.07, 6.45) is 0. The van der Waals surface area contributed by atoms with Gasteiger partial charge in [-0.15, -0.1) is 0 Å². The number of halogens is 2. The van der Waals surface area contributed by atoms with Crippen LogP contribution in [0.3, 0.4) is 0 Å². The minimum atomic E-state index is -0.450. The van der Waals surface area contributed by atoms with Gasteiger partial charge in [-0.2, -0.15) is 0 Å². The third kappa shape index (κ3) is 2.20. The van der Waals surface area contributed by atoms with Crippen LogP contribution in [0.15, 0.2) is 18.2 Å². The highest BCUT2D eigenvalue weighted by Gasteiger charge is 2.24. The highest BCUT2D eigenvalue weighted by Crippen LogP contribution is 2.29. The molecule has 14 heavy (non-hydrogen) atoms. The van der Waals surface area contributed by atoms with E-state index in [9.17, 15) is 5.11 Å². The van der Waals surface area contributed by atoms with Crippen molar-refractivity contribution in [1.29, 1.82) is 0 Å². The maximum absolute atomic E-state index is 9.24. The lowest BCUT2D eigenvalue weighted by Gasteiger charge is -2.26. The first-order valence-corrected chi connectivity index (χ1v) is 5.05. The molecule has 0 aromatic heterocycles. The summed E-state index contributed by atoms with van der Waals surface area (Å²) in [5.74, 6) is 0. The number of hydrogen-bond acceptors (Lipinski definition) is 2. The number of aliphatic hydroxyl groups is 1. The molecule has 0 aliphatic rings. The monoisotopic (exact) mass is 233 g/mol. The first-order chi connectivity index (χ1) is 6.53. The van der Waals surface area contributed by atoms with Crippen LogP contribution in [0.4, 0.5) is 0 Å². The van der Waals surface area contributed by atoms with E-state index in [1.165, 1.54) is 0 Å². The second kappa shape index (κ2) is 4.49. The molecule has 1 aromatic carbocycles. The summed E-state index contributed by atoms with van der Waals surface area (Å²) in [6.45, 7) is 2.23. The van der Waals surface area contributed by atoms with E-state index in [1.807, 2.05) is 13.0 Å². The van der Waals surface area contributed by atoms with Gasteiger partial charge in [0.15, 0.2) is 0 Å². The van der Waals surface area contributed by atoms with Crippen molar-refractivity contribution in [3.05, 3.63) is 33.8 Å². The van der Waals surface area contributed by atoms with Crippen LogP contribution in [0.5, 0.6) is 0 Å². The fraction of sp³-hybridized carbons (Fsp3) is 0.400. The third-order valence-electron chi connectivity index (χ3n) is 2.42. The van der Waals surface area contributed by atoms with Crippen LogP contribution in [0.2, 0.25) is 10.0 Å². The first-order valence-electron chi connectivity index (χ1n) is 4.30. The maximum atomic E-state index is 9.24. The van der Waals surface area contributed by atoms with Gasteiger partial charge in [0.05, 0.1) is 16.7 Å². The van der Waals surface area contributed by atoms with Crippen molar-refractivity contribution in [2.45, 2.75) is 12.3 Å². The number of nitrogens with two attached hydrogens (primary N) is 1. The summed E-state index contributed by atoms with van der Waals surface area (Å²) >= 11 is 11.7. The molecule has 1 unspecified atom stereocenters. The predicted octanol–water partition coefficient (Wildman–Crippen LogP) is 2.20. The van der Waals surface area contributed by atoms with E-state index in [0.717, 1.165) is 5.56 Å². The molecule has 78 valence electrons. The van der Waals surface area contributed by atoms with Crippen LogP contribution >= 0.6 is 23.2 Å². The Morgan fingerprint density at radius 1 is 1.36 bits per heavy atom. The van der Waals surface area contributed by atoms with Crippen LogP contribution in [0.25, 0.3) is 0 Å². The van der Waals surface area contributed by atoms with Crippen LogP contribution in [0, 0.1) is 0 Å². The Hall–Kier alpha value is -0.280. The van der Waals surface area contributed by atoms with Crippen LogP contribution in [-0.2, 0) is 5.41 Å². The second-order valence-electron chi connectivity index (χ2n) is 3.55. The van der Waals surface area contributed by atoms with Gasteiger partial charge in [0.2, 0.25) is 0 Å². The van der Waals surface area contributed by atoms with Gasteiger partial charge in [-0.05, 0) is 17.7 Å². The lowest BCUT2D eigenvalue weighted by Crippen LogP contribution is -2.35. The molecule has 2 nitrogen and oxygen atoms in total. The topological polar surface area (TPSA) is 46.2 Å². The molecule has 4 heteroatoms. The molecule has 0 fully saturated rings. The van der Waals surface area contributed by atoms with Crippen molar-refractivity contribution in [1.82, 2.24) is 0 Å². The fourth-order valence-corrected chi connectivity index (χ4v) is 1.44. The lowest BCUT2D eigenvalue weighted by atomic mass is 9.83. The fourth-order valence-electron chi connectivity index (χ4n) is 1.15. The summed E-state index contributed by atoms with van der Waals surface area (Å²) in [4.78, 5) is 0. The molecule has 1 atom stereocenters. The van der Waals surface area contributed by atoms with Crippen molar-refractivity contribution in [3.63, 3.8) is 0 Å². The molecule has 0 aliphatic heterocycles. The summed E-state index contributed by atoms with van der Waals surface area (Å²) in [7, 11) is 0. The Morgan fingerprint density at radius 2 is 2.00 bits per heavy atom. The Balaban J connectivity index is 3.12. The number of benzene rings is 1. The zero-order valence-corrected chi connectivity index (χ0v) is 9.44. The van der Waals surface area contributed by atoms with Gasteiger partial charge in [0.1, 0.15) is 0 Å². The van der Waals surface area contributed by atoms with Crippen molar-refractivity contribution < 1.29 is 5.11 Å². The SMILES string of the molecule is CC(CN)(CO)c1ccc(Cl)c(Cl)c1. The molecule has 0 aliphatic carbocycles. The van der Waals surface area contributed by atoms with E-state index in [4.69, 9.17) is 28.9 Å². The molecule has 1 rings (SSSR count). The smallest absolute Gasteiger partial charge is 0.0595 e. The average Bonchev–Trinajstić information content (AvgIpc) is 2.21. The van der Waals surface area contributed by atoms with Crippen molar-refractivity contribution >= 4 is 23.2 Å². The van der Waals surface area contributed by atoms with Crippen molar-refractivity contribution in [2.24, 2.45) is 5.73 Å². The largest absolute Gasteiger partial charge is 0.395 e. The molecule has 0 radical (unpaired) electrons. The van der Waals surface area contributed by atoms with E-state index in [1.54, 1.807) is 12.1 Å². The predicted molar refractivity (Wildman–Crippen MR) is 60.0 cm³/mol. The second-order valence-corrected chi connectivity index (χ2v) is 4.37. The van der Waals surface area contributed by atoms with Gasteiger partial charge >= 0.3 is 0 Å². The number of hydrogen-bond donors (Lipinski definition) is 2. The molecular formula is C10H13Cl2NO. The Bertz CT molecular complexity index is 324. The van der Waals surface area contributed by atoms with Gasteiger partial charge in [-0.25, -0.2) is 0 Å². The molecule has 0 spiro atoms. The Labute approximate surface area is 93.6 Å². The minimum Gasteiger partial charge on any atom is -0.395 e. The number of rotatable bonds is 3. The maximum Gasteiger partial charge on any atom is 0.0595 e. The Morgan fingerprint density at radius 3 is 2.43 bits per heavy atom. The lowest BCUT2D eigenvalue weighted by molar-refractivity contribution is 0.210. The average molecular weight is 234 g/mol. The molecule has 0 amide bonds. The normalized spacial score (nSPS) is 15.2. The van der Waals surface area contributed by atoms with Gasteiger partial charge in [-0.3, -0.25) is 0 Å².